The highest BCUT2D eigenvalue weighted by Gasteiger charge is 2.32. The summed E-state index contributed by atoms with van der Waals surface area (Å²) in [6.45, 7) is 2.10. The lowest BCUT2D eigenvalue weighted by Gasteiger charge is -2.25. The first-order valence-electron chi connectivity index (χ1n) is 11.2. The second-order valence-corrected chi connectivity index (χ2v) is 8.50. The van der Waals surface area contributed by atoms with E-state index in [2.05, 4.69) is 9.97 Å². The topological polar surface area (TPSA) is 84.9 Å². The van der Waals surface area contributed by atoms with Gasteiger partial charge in [0, 0.05) is 51.3 Å². The van der Waals surface area contributed by atoms with Crippen LogP contribution in [0.5, 0.6) is 5.75 Å². The molecule has 1 saturated carbocycles. The van der Waals surface area contributed by atoms with E-state index in [1.54, 1.807) is 35.5 Å². The van der Waals surface area contributed by atoms with E-state index < -0.39 is 0 Å². The molecule has 32 heavy (non-hydrogen) atoms. The molecule has 1 aliphatic carbocycles. The molecule has 2 aliphatic rings. The Labute approximate surface area is 188 Å². The van der Waals surface area contributed by atoms with Crippen molar-refractivity contribution in [3.05, 3.63) is 54.1 Å². The number of carbonyl (C=O) groups excluding carboxylic acids is 2. The zero-order valence-corrected chi connectivity index (χ0v) is 18.5. The molecule has 4 rings (SSSR count). The normalized spacial score (nSPS) is 19.0. The average Bonchev–Trinajstić information content (AvgIpc) is 3.66. The Balaban J connectivity index is 1.43. The molecule has 1 saturated heterocycles. The van der Waals surface area contributed by atoms with Gasteiger partial charge in [-0.25, -0.2) is 0 Å². The minimum Gasteiger partial charge on any atom is -0.497 e. The molecule has 1 atom stereocenters. The third-order valence-electron chi connectivity index (χ3n) is 5.86. The van der Waals surface area contributed by atoms with Gasteiger partial charge >= 0.3 is 0 Å². The third-order valence-corrected chi connectivity index (χ3v) is 5.86. The first-order chi connectivity index (χ1) is 15.6. The summed E-state index contributed by atoms with van der Waals surface area (Å²) in [5, 5.41) is 0. The van der Waals surface area contributed by atoms with Gasteiger partial charge in [0.1, 0.15) is 5.75 Å². The van der Waals surface area contributed by atoms with E-state index in [1.165, 1.54) is 12.8 Å². The van der Waals surface area contributed by atoms with Gasteiger partial charge < -0.3 is 19.3 Å². The maximum absolute atomic E-state index is 13.1. The van der Waals surface area contributed by atoms with Gasteiger partial charge in [-0.2, -0.15) is 0 Å². The lowest BCUT2D eigenvalue weighted by molar-refractivity contribution is -0.139. The fourth-order valence-corrected chi connectivity index (χ4v) is 3.83. The van der Waals surface area contributed by atoms with Gasteiger partial charge in [-0.1, -0.05) is 12.1 Å². The Kier molecular flexibility index (Phi) is 7.32. The SMILES string of the molecule is COc1cccc(CN2CC(OCC3CC3)CN(C(=O)CCc3cnccn3)CC2=O)c1. The van der Waals surface area contributed by atoms with Gasteiger partial charge in [0.2, 0.25) is 11.8 Å². The highest BCUT2D eigenvalue weighted by Crippen LogP contribution is 2.29. The Hall–Kier alpha value is -3.00. The van der Waals surface area contributed by atoms with Crippen molar-refractivity contribution in [3.63, 3.8) is 0 Å². The van der Waals surface area contributed by atoms with Crippen molar-refractivity contribution in [1.29, 1.82) is 0 Å². The Bertz CT molecular complexity index is 919. The fourth-order valence-electron chi connectivity index (χ4n) is 3.83. The lowest BCUT2D eigenvalue weighted by Crippen LogP contribution is -2.40. The standard InChI is InChI=1S/C24H30N4O4/c1-31-21-4-2-3-19(11-21)13-27-14-22(32-17-18-5-6-18)15-28(16-24(27)30)23(29)8-7-20-12-25-9-10-26-20/h2-4,9-12,18,22H,5-8,13-17H2,1H3. The highest BCUT2D eigenvalue weighted by molar-refractivity contribution is 5.85. The third kappa shape index (κ3) is 6.26. The van der Waals surface area contributed by atoms with Crippen molar-refractivity contribution in [2.24, 2.45) is 5.92 Å². The van der Waals surface area contributed by atoms with E-state index in [-0.39, 0.29) is 30.9 Å². The first kappa shape index (κ1) is 22.2. The minimum atomic E-state index is -0.201. The number of aromatic nitrogens is 2. The molecule has 0 spiro atoms. The number of amides is 2. The maximum atomic E-state index is 13.1. The van der Waals surface area contributed by atoms with Crippen molar-refractivity contribution < 1.29 is 19.1 Å². The molecule has 8 nitrogen and oxygen atoms in total. The van der Waals surface area contributed by atoms with Crippen LogP contribution in [0.1, 0.15) is 30.5 Å². The lowest BCUT2D eigenvalue weighted by atomic mass is 10.2. The number of benzene rings is 1. The van der Waals surface area contributed by atoms with Crippen molar-refractivity contribution in [3.8, 4) is 5.75 Å². The van der Waals surface area contributed by atoms with E-state index >= 15 is 0 Å². The number of methoxy groups -OCH3 is 1. The fraction of sp³-hybridized carbons (Fsp3) is 0.500. The van der Waals surface area contributed by atoms with Gasteiger partial charge in [-0.05, 0) is 42.9 Å². The van der Waals surface area contributed by atoms with Gasteiger partial charge in [0.25, 0.3) is 0 Å². The molecule has 0 N–H and O–H groups in total. The summed E-state index contributed by atoms with van der Waals surface area (Å²) in [5.74, 6) is 1.24. The summed E-state index contributed by atoms with van der Waals surface area (Å²) in [7, 11) is 1.63. The predicted molar refractivity (Wildman–Crippen MR) is 118 cm³/mol. The monoisotopic (exact) mass is 438 g/mol. The summed E-state index contributed by atoms with van der Waals surface area (Å²) >= 11 is 0. The van der Waals surface area contributed by atoms with Crippen LogP contribution in [0.25, 0.3) is 0 Å². The number of nitrogens with zero attached hydrogens (tertiary/aromatic N) is 4. The van der Waals surface area contributed by atoms with E-state index in [0.29, 0.717) is 38.6 Å². The van der Waals surface area contributed by atoms with Crippen LogP contribution in [0.15, 0.2) is 42.9 Å². The number of carbonyl (C=O) groups is 2. The van der Waals surface area contributed by atoms with Crippen molar-refractivity contribution in [2.45, 2.75) is 38.3 Å². The number of ether oxygens (including phenoxy) is 2. The zero-order valence-electron chi connectivity index (χ0n) is 18.5. The predicted octanol–water partition coefficient (Wildman–Crippen LogP) is 2.08. The van der Waals surface area contributed by atoms with Crippen LogP contribution < -0.4 is 4.74 Å². The van der Waals surface area contributed by atoms with Crippen LogP contribution >= 0.6 is 0 Å². The van der Waals surface area contributed by atoms with Crippen LogP contribution in [-0.4, -0.2) is 71.0 Å². The van der Waals surface area contributed by atoms with Crippen LogP contribution in [-0.2, 0) is 27.3 Å². The van der Waals surface area contributed by atoms with Crippen LogP contribution in [0, 0.1) is 5.92 Å². The Morgan fingerprint density at radius 2 is 2.09 bits per heavy atom. The molecule has 2 aromatic rings. The van der Waals surface area contributed by atoms with Crippen molar-refractivity contribution in [2.75, 3.05) is 33.4 Å². The molecule has 1 aliphatic heterocycles. The summed E-state index contributed by atoms with van der Waals surface area (Å²) in [4.78, 5) is 37.7. The highest BCUT2D eigenvalue weighted by atomic mass is 16.5. The molecule has 2 amide bonds. The maximum Gasteiger partial charge on any atom is 0.242 e. The molecular weight excluding hydrogens is 408 g/mol. The molecule has 8 heteroatoms. The van der Waals surface area contributed by atoms with E-state index in [4.69, 9.17) is 9.47 Å². The van der Waals surface area contributed by atoms with Crippen molar-refractivity contribution in [1.82, 2.24) is 19.8 Å². The van der Waals surface area contributed by atoms with E-state index in [9.17, 15) is 9.59 Å². The van der Waals surface area contributed by atoms with Gasteiger partial charge in [-0.3, -0.25) is 19.6 Å². The van der Waals surface area contributed by atoms with Gasteiger partial charge in [-0.15, -0.1) is 0 Å². The molecule has 0 bridgehead atoms. The Morgan fingerprint density at radius 3 is 2.84 bits per heavy atom. The largest absolute Gasteiger partial charge is 0.497 e. The molecule has 1 aromatic heterocycles. The van der Waals surface area contributed by atoms with Crippen molar-refractivity contribution >= 4 is 11.8 Å². The molecular formula is C24H30N4O4. The minimum absolute atomic E-state index is 0.0621. The first-order valence-corrected chi connectivity index (χ1v) is 11.2. The quantitative estimate of drug-likeness (QED) is 0.596. The van der Waals surface area contributed by atoms with Gasteiger partial charge in [0.05, 0.1) is 25.5 Å². The zero-order chi connectivity index (χ0) is 22.3. The van der Waals surface area contributed by atoms with Crippen LogP contribution in [0.2, 0.25) is 0 Å². The summed E-state index contributed by atoms with van der Waals surface area (Å²) < 4.78 is 11.5. The molecule has 170 valence electrons. The number of aryl methyl sites for hydroxylation is 1. The van der Waals surface area contributed by atoms with Crippen LogP contribution in [0.4, 0.5) is 0 Å². The van der Waals surface area contributed by atoms with E-state index in [1.807, 2.05) is 24.3 Å². The van der Waals surface area contributed by atoms with E-state index in [0.717, 1.165) is 17.0 Å². The molecule has 0 radical (unpaired) electrons. The number of hydrogen-bond donors (Lipinski definition) is 0. The molecule has 1 unspecified atom stereocenters. The average molecular weight is 439 g/mol. The summed E-state index contributed by atoms with van der Waals surface area (Å²) in [6, 6.07) is 7.71. The molecule has 2 fully saturated rings. The molecule has 2 heterocycles. The number of rotatable bonds is 9. The smallest absolute Gasteiger partial charge is 0.242 e. The van der Waals surface area contributed by atoms with Gasteiger partial charge in [0.15, 0.2) is 0 Å². The second kappa shape index (κ2) is 10.5. The second-order valence-electron chi connectivity index (χ2n) is 8.50. The summed E-state index contributed by atoms with van der Waals surface area (Å²) in [6.07, 6.45) is 7.87. The molecule has 1 aromatic carbocycles. The van der Waals surface area contributed by atoms with Crippen LogP contribution in [0.3, 0.4) is 0 Å². The number of hydrogen-bond acceptors (Lipinski definition) is 6. The summed E-state index contributed by atoms with van der Waals surface area (Å²) in [5.41, 5.74) is 1.75. The Morgan fingerprint density at radius 1 is 1.22 bits per heavy atom.